The Bertz CT molecular complexity index is 806. The molecule has 0 saturated heterocycles. The highest BCUT2D eigenvalue weighted by Gasteiger charge is 2.17. The molecule has 0 saturated carbocycles. The van der Waals surface area contributed by atoms with Crippen molar-refractivity contribution in [1.82, 2.24) is 4.57 Å². The lowest BCUT2D eigenvalue weighted by Crippen LogP contribution is -2.29. The molecule has 0 N–H and O–H groups in total. The lowest BCUT2D eigenvalue weighted by molar-refractivity contribution is 0.0969. The van der Waals surface area contributed by atoms with Crippen LogP contribution in [0, 0.1) is 6.92 Å². The van der Waals surface area contributed by atoms with Crippen molar-refractivity contribution in [2.75, 3.05) is 0 Å². The quantitative estimate of drug-likeness (QED) is 0.777. The Morgan fingerprint density at radius 1 is 1.08 bits per heavy atom. The molecule has 1 heterocycles. The largest absolute Gasteiger partial charge is 0.305 e. The van der Waals surface area contributed by atoms with Gasteiger partial charge in [-0.05, 0) is 68.0 Å². The molecule has 1 aliphatic rings. The molecule has 0 atom stereocenters. The van der Waals surface area contributed by atoms with Gasteiger partial charge in [0.2, 0.25) is 0 Å². The van der Waals surface area contributed by atoms with E-state index in [-0.39, 0.29) is 17.9 Å². The third kappa shape index (κ3) is 3.62. The summed E-state index contributed by atoms with van der Waals surface area (Å²) in [5, 5.41) is 0.601. The minimum Gasteiger partial charge on any atom is -0.305 e. The van der Waals surface area contributed by atoms with E-state index >= 15 is 0 Å². The van der Waals surface area contributed by atoms with Gasteiger partial charge in [0.25, 0.3) is 5.56 Å². The van der Waals surface area contributed by atoms with Gasteiger partial charge in [-0.25, -0.2) is 0 Å². The SMILES string of the molecule is Cc1cc(=O)n(CC(=O)c2ccc(Cl)cc2)c2c1CCCCCC2. The summed E-state index contributed by atoms with van der Waals surface area (Å²) in [4.78, 5) is 25.1. The Morgan fingerprint density at radius 3 is 2.46 bits per heavy atom. The van der Waals surface area contributed by atoms with E-state index in [9.17, 15) is 9.59 Å². The molecule has 4 heteroatoms. The van der Waals surface area contributed by atoms with Crippen LogP contribution in [0.1, 0.15) is 52.9 Å². The van der Waals surface area contributed by atoms with Gasteiger partial charge in [0.05, 0.1) is 6.54 Å². The number of carbonyl (C=O) groups is 1. The molecule has 1 aromatic heterocycles. The summed E-state index contributed by atoms with van der Waals surface area (Å²) in [6, 6.07) is 8.52. The summed E-state index contributed by atoms with van der Waals surface area (Å²) in [7, 11) is 0. The van der Waals surface area contributed by atoms with Gasteiger partial charge in [-0.2, -0.15) is 0 Å². The Morgan fingerprint density at radius 2 is 1.75 bits per heavy atom. The molecule has 1 aliphatic carbocycles. The van der Waals surface area contributed by atoms with Gasteiger partial charge in [-0.1, -0.05) is 24.4 Å². The zero-order chi connectivity index (χ0) is 17.1. The van der Waals surface area contributed by atoms with E-state index in [0.29, 0.717) is 10.6 Å². The fourth-order valence-electron chi connectivity index (χ4n) is 3.49. The molecule has 24 heavy (non-hydrogen) atoms. The fourth-order valence-corrected chi connectivity index (χ4v) is 3.62. The first-order chi connectivity index (χ1) is 11.6. The van der Waals surface area contributed by atoms with E-state index in [1.54, 1.807) is 34.9 Å². The number of benzene rings is 1. The number of hydrogen-bond donors (Lipinski definition) is 0. The summed E-state index contributed by atoms with van der Waals surface area (Å²) >= 11 is 5.88. The smallest absolute Gasteiger partial charge is 0.251 e. The number of ketones is 1. The van der Waals surface area contributed by atoms with E-state index < -0.39 is 0 Å². The molecule has 0 amide bonds. The van der Waals surface area contributed by atoms with Crippen molar-refractivity contribution in [3.63, 3.8) is 0 Å². The van der Waals surface area contributed by atoms with Crippen LogP contribution in [0.25, 0.3) is 0 Å². The molecule has 0 radical (unpaired) electrons. The lowest BCUT2D eigenvalue weighted by atomic mass is 9.93. The first kappa shape index (κ1) is 17.0. The van der Waals surface area contributed by atoms with Crippen LogP contribution in [-0.4, -0.2) is 10.4 Å². The van der Waals surface area contributed by atoms with Gasteiger partial charge in [0, 0.05) is 22.3 Å². The minimum absolute atomic E-state index is 0.0538. The molecule has 0 fully saturated rings. The Labute approximate surface area is 147 Å². The number of fused-ring (bicyclic) bond motifs is 1. The topological polar surface area (TPSA) is 39.1 Å². The van der Waals surface area contributed by atoms with E-state index in [0.717, 1.165) is 36.9 Å². The van der Waals surface area contributed by atoms with Crippen LogP contribution in [0.3, 0.4) is 0 Å². The maximum absolute atomic E-state index is 12.6. The molecule has 1 aromatic carbocycles. The van der Waals surface area contributed by atoms with Crippen LogP contribution in [-0.2, 0) is 19.4 Å². The van der Waals surface area contributed by atoms with Crippen LogP contribution in [0.5, 0.6) is 0 Å². The number of Topliss-reactive ketones (excluding diaryl/α,β-unsaturated/α-hetero) is 1. The summed E-state index contributed by atoms with van der Waals surface area (Å²) < 4.78 is 1.69. The number of aryl methyl sites for hydroxylation is 1. The van der Waals surface area contributed by atoms with Gasteiger partial charge in [0.1, 0.15) is 0 Å². The zero-order valence-electron chi connectivity index (χ0n) is 14.0. The highest BCUT2D eigenvalue weighted by Crippen LogP contribution is 2.22. The van der Waals surface area contributed by atoms with Crippen molar-refractivity contribution >= 4 is 17.4 Å². The zero-order valence-corrected chi connectivity index (χ0v) is 14.7. The molecule has 0 bridgehead atoms. The van der Waals surface area contributed by atoms with Crippen LogP contribution in [0.4, 0.5) is 0 Å². The Hall–Kier alpha value is -1.87. The van der Waals surface area contributed by atoms with Gasteiger partial charge in [-0.15, -0.1) is 0 Å². The van der Waals surface area contributed by atoms with E-state index in [4.69, 9.17) is 11.6 Å². The first-order valence-electron chi connectivity index (χ1n) is 8.57. The molecule has 0 spiro atoms. The normalized spacial score (nSPS) is 14.6. The monoisotopic (exact) mass is 343 g/mol. The van der Waals surface area contributed by atoms with Crippen LogP contribution in [0.15, 0.2) is 35.1 Å². The van der Waals surface area contributed by atoms with Crippen molar-refractivity contribution in [3.05, 3.63) is 68.1 Å². The third-order valence-corrected chi connectivity index (χ3v) is 5.07. The van der Waals surface area contributed by atoms with E-state index in [1.807, 2.05) is 6.92 Å². The van der Waals surface area contributed by atoms with Crippen molar-refractivity contribution in [1.29, 1.82) is 0 Å². The van der Waals surface area contributed by atoms with Crippen LogP contribution >= 0.6 is 11.6 Å². The maximum Gasteiger partial charge on any atom is 0.251 e. The van der Waals surface area contributed by atoms with Gasteiger partial charge in [0.15, 0.2) is 5.78 Å². The van der Waals surface area contributed by atoms with E-state index in [1.165, 1.54) is 18.4 Å². The Kier molecular flexibility index (Phi) is 5.20. The number of carbonyl (C=O) groups excluding carboxylic acids is 1. The fraction of sp³-hybridized carbons (Fsp3) is 0.400. The van der Waals surface area contributed by atoms with Gasteiger partial charge >= 0.3 is 0 Å². The number of nitrogens with zero attached hydrogens (tertiary/aromatic N) is 1. The molecule has 0 unspecified atom stereocenters. The third-order valence-electron chi connectivity index (χ3n) is 4.81. The average Bonchev–Trinajstić information content (AvgIpc) is 2.52. The highest BCUT2D eigenvalue weighted by molar-refractivity contribution is 6.30. The number of hydrogen-bond acceptors (Lipinski definition) is 2. The number of halogens is 1. The van der Waals surface area contributed by atoms with Crippen molar-refractivity contribution in [3.8, 4) is 0 Å². The average molecular weight is 344 g/mol. The minimum atomic E-state index is -0.0749. The first-order valence-corrected chi connectivity index (χ1v) is 8.95. The van der Waals surface area contributed by atoms with Crippen molar-refractivity contribution in [2.45, 2.75) is 52.0 Å². The predicted octanol–water partition coefficient (Wildman–Crippen LogP) is 4.35. The predicted molar refractivity (Wildman–Crippen MR) is 97.1 cm³/mol. The molecule has 2 aromatic rings. The molecular weight excluding hydrogens is 322 g/mol. The van der Waals surface area contributed by atoms with Crippen LogP contribution < -0.4 is 5.56 Å². The summed E-state index contributed by atoms with van der Waals surface area (Å²) in [5.41, 5.74) is 3.90. The van der Waals surface area contributed by atoms with Gasteiger partial charge in [-0.3, -0.25) is 9.59 Å². The Balaban J connectivity index is 1.97. The maximum atomic E-state index is 12.6. The molecule has 3 nitrogen and oxygen atoms in total. The second-order valence-electron chi connectivity index (χ2n) is 6.52. The number of rotatable bonds is 3. The molecule has 0 aliphatic heterocycles. The highest BCUT2D eigenvalue weighted by atomic mass is 35.5. The molecule has 3 rings (SSSR count). The van der Waals surface area contributed by atoms with Gasteiger partial charge < -0.3 is 4.57 Å². The summed E-state index contributed by atoms with van der Waals surface area (Å²) in [5.74, 6) is -0.0538. The van der Waals surface area contributed by atoms with Crippen molar-refractivity contribution < 1.29 is 4.79 Å². The van der Waals surface area contributed by atoms with Crippen LogP contribution in [0.2, 0.25) is 5.02 Å². The standard InChI is InChI=1S/C20H22ClNO2/c1-14-12-20(24)22(18-7-5-3-2-4-6-17(14)18)13-19(23)15-8-10-16(21)11-9-15/h8-12H,2-7,13H2,1H3. The second kappa shape index (κ2) is 7.35. The summed E-state index contributed by atoms with van der Waals surface area (Å²) in [6.07, 6.45) is 6.52. The summed E-state index contributed by atoms with van der Waals surface area (Å²) in [6.45, 7) is 2.11. The molecular formula is C20H22ClNO2. The van der Waals surface area contributed by atoms with E-state index in [2.05, 4.69) is 0 Å². The number of aromatic nitrogens is 1. The number of pyridine rings is 1. The second-order valence-corrected chi connectivity index (χ2v) is 6.96. The lowest BCUT2D eigenvalue weighted by Gasteiger charge is -2.21. The molecule has 126 valence electrons. The van der Waals surface area contributed by atoms with Crippen molar-refractivity contribution in [2.24, 2.45) is 0 Å².